The maximum Gasteiger partial charge on any atom is 0.227 e. The Morgan fingerprint density at radius 3 is 2.68 bits per heavy atom. The molecular formula is C16H22BrNO. The van der Waals surface area contributed by atoms with Crippen molar-refractivity contribution in [2.45, 2.75) is 43.4 Å². The number of carbonyl (C=O) groups is 1. The van der Waals surface area contributed by atoms with Crippen LogP contribution in [-0.2, 0) is 4.79 Å². The first-order valence-electron chi connectivity index (χ1n) is 7.19. The van der Waals surface area contributed by atoms with Gasteiger partial charge in [-0.2, -0.15) is 0 Å². The van der Waals surface area contributed by atoms with E-state index >= 15 is 0 Å². The molecule has 0 radical (unpaired) electrons. The van der Waals surface area contributed by atoms with Gasteiger partial charge >= 0.3 is 0 Å². The molecule has 0 heterocycles. The van der Waals surface area contributed by atoms with Crippen molar-refractivity contribution in [2.75, 3.05) is 6.54 Å². The highest BCUT2D eigenvalue weighted by atomic mass is 79.9. The lowest BCUT2D eigenvalue weighted by molar-refractivity contribution is -0.122. The van der Waals surface area contributed by atoms with E-state index in [0.29, 0.717) is 10.7 Å². The second-order valence-corrected chi connectivity index (χ2v) is 6.50. The Hall–Kier alpha value is -0.830. The van der Waals surface area contributed by atoms with E-state index in [9.17, 15) is 4.79 Å². The zero-order valence-electron chi connectivity index (χ0n) is 11.4. The summed E-state index contributed by atoms with van der Waals surface area (Å²) in [7, 11) is 0. The standard InChI is InChI=1S/C16H22BrNO/c1-2-14(12-7-4-3-5-8-12)16(19)18-11-13-9-6-10-15(13)17/h3-5,7-8,13-15H,2,6,9-11H2,1H3,(H,18,19). The fourth-order valence-corrected chi connectivity index (χ4v) is 3.61. The Morgan fingerprint density at radius 2 is 2.11 bits per heavy atom. The van der Waals surface area contributed by atoms with Crippen LogP contribution in [0.4, 0.5) is 0 Å². The summed E-state index contributed by atoms with van der Waals surface area (Å²) in [6.07, 6.45) is 4.57. The Bertz CT molecular complexity index is 406. The molecule has 1 aliphatic rings. The number of alkyl halides is 1. The van der Waals surface area contributed by atoms with Crippen molar-refractivity contribution < 1.29 is 4.79 Å². The van der Waals surface area contributed by atoms with Crippen LogP contribution in [0.15, 0.2) is 30.3 Å². The molecule has 1 saturated carbocycles. The predicted molar refractivity (Wildman–Crippen MR) is 82.5 cm³/mol. The molecule has 3 atom stereocenters. The minimum absolute atomic E-state index is 0.0172. The van der Waals surface area contributed by atoms with E-state index in [0.717, 1.165) is 18.5 Å². The maximum atomic E-state index is 12.3. The molecular weight excluding hydrogens is 302 g/mol. The average molecular weight is 324 g/mol. The van der Waals surface area contributed by atoms with E-state index in [1.165, 1.54) is 19.3 Å². The van der Waals surface area contributed by atoms with Crippen molar-refractivity contribution in [3.05, 3.63) is 35.9 Å². The molecule has 19 heavy (non-hydrogen) atoms. The molecule has 3 unspecified atom stereocenters. The normalized spacial score (nSPS) is 24.1. The number of halogens is 1. The molecule has 0 aliphatic heterocycles. The van der Waals surface area contributed by atoms with Crippen molar-refractivity contribution in [2.24, 2.45) is 5.92 Å². The number of amides is 1. The van der Waals surface area contributed by atoms with Crippen LogP contribution in [0.25, 0.3) is 0 Å². The number of hydrogen-bond acceptors (Lipinski definition) is 1. The van der Waals surface area contributed by atoms with E-state index in [-0.39, 0.29) is 11.8 Å². The SMILES string of the molecule is CCC(C(=O)NCC1CCCC1Br)c1ccccc1. The van der Waals surface area contributed by atoms with Crippen LogP contribution < -0.4 is 5.32 Å². The Balaban J connectivity index is 1.90. The lowest BCUT2D eigenvalue weighted by Crippen LogP contribution is -2.34. The minimum atomic E-state index is -0.0172. The highest BCUT2D eigenvalue weighted by molar-refractivity contribution is 9.09. The predicted octanol–water partition coefficient (Wildman–Crippen LogP) is 3.86. The second-order valence-electron chi connectivity index (χ2n) is 5.32. The smallest absolute Gasteiger partial charge is 0.227 e. The molecule has 104 valence electrons. The summed E-state index contributed by atoms with van der Waals surface area (Å²) in [4.78, 5) is 12.9. The van der Waals surface area contributed by atoms with Crippen molar-refractivity contribution in [1.29, 1.82) is 0 Å². The maximum absolute atomic E-state index is 12.3. The number of hydrogen-bond donors (Lipinski definition) is 1. The quantitative estimate of drug-likeness (QED) is 0.819. The molecule has 1 amide bonds. The second kappa shape index (κ2) is 7.09. The van der Waals surface area contributed by atoms with Gasteiger partial charge in [0, 0.05) is 11.4 Å². The number of benzene rings is 1. The molecule has 1 N–H and O–H groups in total. The third-order valence-electron chi connectivity index (χ3n) is 4.03. The third-order valence-corrected chi connectivity index (χ3v) is 5.24. The lowest BCUT2D eigenvalue weighted by atomic mass is 9.95. The highest BCUT2D eigenvalue weighted by Gasteiger charge is 2.26. The lowest BCUT2D eigenvalue weighted by Gasteiger charge is -2.19. The fourth-order valence-electron chi connectivity index (χ4n) is 2.83. The summed E-state index contributed by atoms with van der Waals surface area (Å²) in [6, 6.07) is 10.1. The van der Waals surface area contributed by atoms with E-state index in [2.05, 4.69) is 28.2 Å². The van der Waals surface area contributed by atoms with Crippen molar-refractivity contribution in [3.63, 3.8) is 0 Å². The molecule has 1 aromatic carbocycles. The summed E-state index contributed by atoms with van der Waals surface area (Å²) in [6.45, 7) is 2.87. The van der Waals surface area contributed by atoms with Crippen molar-refractivity contribution in [1.82, 2.24) is 5.32 Å². The van der Waals surface area contributed by atoms with Crippen LogP contribution >= 0.6 is 15.9 Å². The molecule has 2 rings (SSSR count). The van der Waals surface area contributed by atoms with Crippen LogP contribution in [-0.4, -0.2) is 17.3 Å². The van der Waals surface area contributed by atoms with Crippen LogP contribution in [0.1, 0.15) is 44.1 Å². The molecule has 0 aromatic heterocycles. The summed E-state index contributed by atoms with van der Waals surface area (Å²) in [5.41, 5.74) is 1.12. The molecule has 3 heteroatoms. The van der Waals surface area contributed by atoms with Gasteiger partial charge in [-0.25, -0.2) is 0 Å². The van der Waals surface area contributed by atoms with Crippen LogP contribution in [0.5, 0.6) is 0 Å². The zero-order valence-corrected chi connectivity index (χ0v) is 13.0. The van der Waals surface area contributed by atoms with Gasteiger partial charge in [0.15, 0.2) is 0 Å². The number of rotatable bonds is 5. The summed E-state index contributed by atoms with van der Waals surface area (Å²) < 4.78 is 0. The van der Waals surface area contributed by atoms with Crippen LogP contribution in [0, 0.1) is 5.92 Å². The minimum Gasteiger partial charge on any atom is -0.355 e. The van der Waals surface area contributed by atoms with Gasteiger partial charge in [0.1, 0.15) is 0 Å². The molecule has 1 aromatic rings. The molecule has 0 spiro atoms. The number of carbonyl (C=O) groups excluding carboxylic acids is 1. The van der Waals surface area contributed by atoms with Crippen LogP contribution in [0.3, 0.4) is 0 Å². The van der Waals surface area contributed by atoms with E-state index in [1.807, 2.05) is 30.3 Å². The zero-order chi connectivity index (χ0) is 13.7. The van der Waals surface area contributed by atoms with Crippen molar-refractivity contribution >= 4 is 21.8 Å². The summed E-state index contributed by atoms with van der Waals surface area (Å²) in [5, 5.41) is 3.14. The first-order valence-corrected chi connectivity index (χ1v) is 8.10. The molecule has 0 saturated heterocycles. The largest absolute Gasteiger partial charge is 0.355 e. The number of nitrogens with one attached hydrogen (secondary N) is 1. The Morgan fingerprint density at radius 1 is 1.37 bits per heavy atom. The Kier molecular flexibility index (Phi) is 5.44. The van der Waals surface area contributed by atoms with Gasteiger partial charge in [-0.05, 0) is 30.7 Å². The van der Waals surface area contributed by atoms with Gasteiger partial charge in [0.25, 0.3) is 0 Å². The van der Waals surface area contributed by atoms with Gasteiger partial charge in [-0.3, -0.25) is 4.79 Å². The van der Waals surface area contributed by atoms with E-state index in [4.69, 9.17) is 0 Å². The topological polar surface area (TPSA) is 29.1 Å². The third kappa shape index (κ3) is 3.82. The van der Waals surface area contributed by atoms with Crippen LogP contribution in [0.2, 0.25) is 0 Å². The van der Waals surface area contributed by atoms with Gasteiger partial charge < -0.3 is 5.32 Å². The highest BCUT2D eigenvalue weighted by Crippen LogP contribution is 2.31. The van der Waals surface area contributed by atoms with E-state index in [1.54, 1.807) is 0 Å². The summed E-state index contributed by atoms with van der Waals surface area (Å²) in [5.74, 6) is 0.744. The fraction of sp³-hybridized carbons (Fsp3) is 0.562. The van der Waals surface area contributed by atoms with Gasteiger partial charge in [-0.1, -0.05) is 59.6 Å². The van der Waals surface area contributed by atoms with Gasteiger partial charge in [0.2, 0.25) is 5.91 Å². The van der Waals surface area contributed by atoms with E-state index < -0.39 is 0 Å². The monoisotopic (exact) mass is 323 g/mol. The molecule has 2 nitrogen and oxygen atoms in total. The van der Waals surface area contributed by atoms with Gasteiger partial charge in [-0.15, -0.1) is 0 Å². The first-order chi connectivity index (χ1) is 9.22. The molecule has 0 bridgehead atoms. The summed E-state index contributed by atoms with van der Waals surface area (Å²) >= 11 is 3.70. The molecule has 1 aliphatic carbocycles. The van der Waals surface area contributed by atoms with Gasteiger partial charge in [0.05, 0.1) is 5.92 Å². The Labute approximate surface area is 124 Å². The first kappa shape index (κ1) is 14.6. The average Bonchev–Trinajstić information content (AvgIpc) is 2.84. The molecule has 1 fully saturated rings. The van der Waals surface area contributed by atoms with Crippen molar-refractivity contribution in [3.8, 4) is 0 Å².